The number of fused-ring (bicyclic) bond motifs is 1. The van der Waals surface area contributed by atoms with Gasteiger partial charge in [-0.1, -0.05) is 6.42 Å². The van der Waals surface area contributed by atoms with Crippen molar-refractivity contribution >= 4 is 35.8 Å². The Balaban J connectivity index is 0.00000225. The highest BCUT2D eigenvalue weighted by atomic mass is 127. The van der Waals surface area contributed by atoms with Crippen molar-refractivity contribution in [3.63, 3.8) is 0 Å². The molecular weight excluding hydrogens is 469 g/mol. The maximum Gasteiger partial charge on any atom is 0.220 e. The van der Waals surface area contributed by atoms with Crippen LogP contribution in [0.2, 0.25) is 0 Å². The second-order valence-corrected chi connectivity index (χ2v) is 8.14. The predicted molar refractivity (Wildman–Crippen MR) is 119 cm³/mol. The van der Waals surface area contributed by atoms with Crippen molar-refractivity contribution in [1.82, 2.24) is 30.3 Å². The summed E-state index contributed by atoms with van der Waals surface area (Å²) >= 11 is 0. The van der Waals surface area contributed by atoms with Crippen molar-refractivity contribution < 1.29 is 4.79 Å². The van der Waals surface area contributed by atoms with Crippen LogP contribution in [0.25, 0.3) is 0 Å². The summed E-state index contributed by atoms with van der Waals surface area (Å²) in [5.41, 5.74) is 0.0669. The summed E-state index contributed by atoms with van der Waals surface area (Å²) in [5.74, 6) is 3.19. The quantitative estimate of drug-likeness (QED) is 0.374. The first kappa shape index (κ1) is 21.3. The largest absolute Gasteiger partial charge is 0.357 e. The van der Waals surface area contributed by atoms with Gasteiger partial charge in [0.05, 0.1) is 0 Å². The Morgan fingerprint density at radius 3 is 2.93 bits per heavy atom. The number of aliphatic imine (C=N–C) groups is 1. The number of guanidine groups is 1. The number of hydrogen-bond acceptors (Lipinski definition) is 4. The first-order valence-corrected chi connectivity index (χ1v) is 10.4. The van der Waals surface area contributed by atoms with Crippen LogP contribution in [-0.2, 0) is 24.3 Å². The summed E-state index contributed by atoms with van der Waals surface area (Å²) in [6.07, 6.45) is 7.52. The minimum Gasteiger partial charge on any atom is -0.357 e. The number of nitrogens with one attached hydrogen (secondary N) is 2. The topological polar surface area (TPSA) is 87.4 Å². The smallest absolute Gasteiger partial charge is 0.220 e. The molecule has 28 heavy (non-hydrogen) atoms. The second kappa shape index (κ2) is 9.41. The Morgan fingerprint density at radius 2 is 2.14 bits per heavy atom. The zero-order chi connectivity index (χ0) is 18.7. The van der Waals surface area contributed by atoms with E-state index in [2.05, 4.69) is 37.2 Å². The highest BCUT2D eigenvalue weighted by Crippen LogP contribution is 2.36. The average Bonchev–Trinajstić information content (AvgIpc) is 3.12. The van der Waals surface area contributed by atoms with E-state index in [0.29, 0.717) is 13.0 Å². The second-order valence-electron chi connectivity index (χ2n) is 8.14. The molecule has 2 saturated heterocycles. The van der Waals surface area contributed by atoms with Gasteiger partial charge in [-0.15, -0.1) is 34.2 Å². The molecular formula is C19H32IN7O. The molecule has 9 heteroatoms. The molecule has 0 radical (unpaired) electrons. The van der Waals surface area contributed by atoms with E-state index in [-0.39, 0.29) is 35.3 Å². The molecule has 1 aromatic heterocycles. The molecule has 1 amide bonds. The predicted octanol–water partition coefficient (Wildman–Crippen LogP) is 1.69. The molecule has 1 unspecified atom stereocenters. The molecule has 4 rings (SSSR count). The van der Waals surface area contributed by atoms with Gasteiger partial charge in [-0.2, -0.15) is 0 Å². The fourth-order valence-electron chi connectivity index (χ4n) is 4.66. The molecule has 2 N–H and O–H groups in total. The Hall–Kier alpha value is -1.39. The van der Waals surface area contributed by atoms with Crippen LogP contribution < -0.4 is 10.6 Å². The number of carbonyl (C=O) groups is 1. The summed E-state index contributed by atoms with van der Waals surface area (Å²) in [6, 6.07) is 0. The van der Waals surface area contributed by atoms with Crippen molar-refractivity contribution in [3.8, 4) is 0 Å². The maximum absolute atomic E-state index is 11.8. The van der Waals surface area contributed by atoms with Gasteiger partial charge >= 0.3 is 0 Å². The lowest BCUT2D eigenvalue weighted by molar-refractivity contribution is -0.119. The SMILES string of the molecule is CCNC(=NCc1nnc2n1CCCCC2)N1CCCC2(CNC(=O)C2)C1.I. The lowest BCUT2D eigenvalue weighted by Gasteiger charge is -2.40. The molecule has 4 heterocycles. The lowest BCUT2D eigenvalue weighted by Crippen LogP contribution is -2.51. The van der Waals surface area contributed by atoms with Crippen molar-refractivity contribution in [2.75, 3.05) is 26.2 Å². The minimum absolute atomic E-state index is 0. The van der Waals surface area contributed by atoms with Gasteiger partial charge in [-0.25, -0.2) is 4.99 Å². The van der Waals surface area contributed by atoms with E-state index in [1.54, 1.807) is 0 Å². The molecule has 0 bridgehead atoms. The Bertz CT molecular complexity index is 719. The summed E-state index contributed by atoms with van der Waals surface area (Å²) in [6.45, 7) is 7.14. The van der Waals surface area contributed by atoms with Crippen LogP contribution in [0, 0.1) is 5.41 Å². The Labute approximate surface area is 184 Å². The van der Waals surface area contributed by atoms with Crippen molar-refractivity contribution in [2.24, 2.45) is 10.4 Å². The van der Waals surface area contributed by atoms with Gasteiger partial charge in [-0.05, 0) is 32.6 Å². The molecule has 3 aliphatic heterocycles. The summed E-state index contributed by atoms with van der Waals surface area (Å²) in [7, 11) is 0. The van der Waals surface area contributed by atoms with Crippen LogP contribution in [0.3, 0.4) is 0 Å². The highest BCUT2D eigenvalue weighted by Gasteiger charge is 2.42. The normalized spacial score (nSPS) is 25.1. The van der Waals surface area contributed by atoms with Crippen LogP contribution in [0.15, 0.2) is 4.99 Å². The van der Waals surface area contributed by atoms with Crippen molar-refractivity contribution in [3.05, 3.63) is 11.6 Å². The first-order valence-electron chi connectivity index (χ1n) is 10.4. The number of nitrogens with zero attached hydrogens (tertiary/aromatic N) is 5. The molecule has 0 aromatic carbocycles. The van der Waals surface area contributed by atoms with Crippen LogP contribution in [-0.4, -0.2) is 57.7 Å². The maximum atomic E-state index is 11.8. The highest BCUT2D eigenvalue weighted by molar-refractivity contribution is 14.0. The molecule has 0 saturated carbocycles. The number of hydrogen-bond donors (Lipinski definition) is 2. The molecule has 0 aliphatic carbocycles. The third-order valence-electron chi connectivity index (χ3n) is 6.05. The van der Waals surface area contributed by atoms with Gasteiger partial charge in [0.1, 0.15) is 12.4 Å². The average molecular weight is 501 g/mol. The lowest BCUT2D eigenvalue weighted by atomic mass is 9.79. The molecule has 2 fully saturated rings. The third-order valence-corrected chi connectivity index (χ3v) is 6.05. The van der Waals surface area contributed by atoms with Gasteiger partial charge in [0.2, 0.25) is 5.91 Å². The van der Waals surface area contributed by atoms with E-state index in [1.807, 2.05) is 0 Å². The standard InChI is InChI=1S/C19H31N7O.HI/c1-2-20-18(25-9-6-8-19(14-25)11-17(27)22-13-19)21-12-16-24-23-15-7-4-3-5-10-26(15)16;/h2-14H2,1H3,(H,20,21)(H,22,27);1H. The number of aromatic nitrogens is 3. The third kappa shape index (κ3) is 4.60. The molecule has 1 atom stereocenters. The van der Waals surface area contributed by atoms with Crippen LogP contribution in [0.4, 0.5) is 0 Å². The van der Waals surface area contributed by atoms with Gasteiger partial charge in [0.15, 0.2) is 11.8 Å². The van der Waals surface area contributed by atoms with Gasteiger partial charge in [-0.3, -0.25) is 4.79 Å². The Kier molecular flexibility index (Phi) is 7.16. The van der Waals surface area contributed by atoms with Gasteiger partial charge in [0, 0.05) is 51.0 Å². The fraction of sp³-hybridized carbons (Fsp3) is 0.789. The molecule has 3 aliphatic rings. The number of carbonyl (C=O) groups excluding carboxylic acids is 1. The number of rotatable bonds is 3. The monoisotopic (exact) mass is 501 g/mol. The number of piperidine rings is 1. The van der Waals surface area contributed by atoms with E-state index >= 15 is 0 Å². The Morgan fingerprint density at radius 1 is 1.25 bits per heavy atom. The summed E-state index contributed by atoms with van der Waals surface area (Å²) in [4.78, 5) is 19.0. The van der Waals surface area contributed by atoms with Crippen molar-refractivity contribution in [2.45, 2.75) is 65.0 Å². The van der Waals surface area contributed by atoms with Gasteiger partial charge < -0.3 is 20.1 Å². The van der Waals surface area contributed by atoms with Crippen LogP contribution in [0.5, 0.6) is 0 Å². The summed E-state index contributed by atoms with van der Waals surface area (Å²) < 4.78 is 2.26. The minimum atomic E-state index is 0. The molecule has 1 aromatic rings. The number of aryl methyl sites for hydroxylation is 1. The van der Waals surface area contributed by atoms with E-state index in [4.69, 9.17) is 4.99 Å². The molecule has 1 spiro atoms. The number of halogens is 1. The molecule has 8 nitrogen and oxygen atoms in total. The van der Waals surface area contributed by atoms with Gasteiger partial charge in [0.25, 0.3) is 0 Å². The van der Waals surface area contributed by atoms with E-state index in [1.165, 1.54) is 19.3 Å². The zero-order valence-electron chi connectivity index (χ0n) is 16.7. The summed E-state index contributed by atoms with van der Waals surface area (Å²) in [5, 5.41) is 15.2. The van der Waals surface area contributed by atoms with Crippen LogP contribution >= 0.6 is 24.0 Å². The van der Waals surface area contributed by atoms with E-state index in [9.17, 15) is 4.79 Å². The molecule has 156 valence electrons. The van der Waals surface area contributed by atoms with E-state index in [0.717, 1.165) is 69.6 Å². The number of likely N-dealkylation sites (tertiary alicyclic amines) is 1. The fourth-order valence-corrected chi connectivity index (χ4v) is 4.66. The van der Waals surface area contributed by atoms with Crippen molar-refractivity contribution in [1.29, 1.82) is 0 Å². The number of amides is 1. The zero-order valence-corrected chi connectivity index (χ0v) is 19.1. The van der Waals surface area contributed by atoms with Crippen LogP contribution in [0.1, 0.15) is 57.1 Å². The van der Waals surface area contributed by atoms with E-state index < -0.39 is 0 Å². The first-order chi connectivity index (χ1) is 13.2.